The lowest BCUT2D eigenvalue weighted by Gasteiger charge is -2.19. The van der Waals surface area contributed by atoms with Gasteiger partial charge < -0.3 is 5.11 Å². The minimum atomic E-state index is -1.80. The van der Waals surface area contributed by atoms with Gasteiger partial charge in [0.2, 0.25) is 0 Å². The number of aromatic nitrogens is 1. The second-order valence-electron chi connectivity index (χ2n) is 8.35. The van der Waals surface area contributed by atoms with Crippen LogP contribution in [0.15, 0.2) is 60.7 Å². The third-order valence-corrected chi connectivity index (χ3v) is 5.58. The van der Waals surface area contributed by atoms with Crippen LogP contribution in [-0.4, -0.2) is 22.2 Å². The summed E-state index contributed by atoms with van der Waals surface area (Å²) in [5.74, 6) is -1.49. The number of carboxylic acids is 1. The minimum absolute atomic E-state index is 0.0301. The van der Waals surface area contributed by atoms with E-state index in [0.29, 0.717) is 6.42 Å². The van der Waals surface area contributed by atoms with Gasteiger partial charge in [-0.25, -0.2) is 13.6 Å². The van der Waals surface area contributed by atoms with Gasteiger partial charge in [0.25, 0.3) is 0 Å². The van der Waals surface area contributed by atoms with Gasteiger partial charge in [-0.05, 0) is 66.5 Å². The molecule has 1 N–H and O–H groups in total. The van der Waals surface area contributed by atoms with E-state index in [2.05, 4.69) is 19.9 Å². The van der Waals surface area contributed by atoms with Crippen molar-refractivity contribution in [1.29, 1.82) is 0 Å². The average molecular weight is 438 g/mol. The SMILES string of the molecule is CC(C)c1nc(-c2ccccc2)cc(-c2ccc(F)cc2)c1CCCCC[C@@H](F)C(=O)O. The lowest BCUT2D eigenvalue weighted by atomic mass is 9.89. The highest BCUT2D eigenvalue weighted by molar-refractivity contribution is 5.74. The van der Waals surface area contributed by atoms with E-state index >= 15 is 0 Å². The molecule has 0 spiro atoms. The molecule has 32 heavy (non-hydrogen) atoms. The molecule has 0 radical (unpaired) electrons. The fourth-order valence-electron chi connectivity index (χ4n) is 3.90. The molecule has 0 aliphatic rings. The molecule has 5 heteroatoms. The Balaban J connectivity index is 1.94. The molecule has 3 nitrogen and oxygen atoms in total. The van der Waals surface area contributed by atoms with Crippen LogP contribution in [0.3, 0.4) is 0 Å². The normalized spacial score (nSPS) is 12.2. The molecule has 1 heterocycles. The van der Waals surface area contributed by atoms with Crippen molar-refractivity contribution in [2.75, 3.05) is 0 Å². The highest BCUT2D eigenvalue weighted by atomic mass is 19.1. The summed E-state index contributed by atoms with van der Waals surface area (Å²) in [7, 11) is 0. The van der Waals surface area contributed by atoms with Crippen LogP contribution in [0.1, 0.15) is 56.7 Å². The molecule has 0 unspecified atom stereocenters. The smallest absolute Gasteiger partial charge is 0.338 e. The number of pyridine rings is 1. The standard InChI is InChI=1S/C27H29F2NO2/c1-18(2)26-22(11-7-4-8-12-24(29)27(31)32)23(19-13-15-21(28)16-14-19)17-25(30-26)20-9-5-3-6-10-20/h3,5-6,9-10,13-18,24H,4,7-8,11-12H2,1-2H3,(H,31,32)/t24-/m1/s1. The van der Waals surface area contributed by atoms with Crippen LogP contribution in [0.25, 0.3) is 22.4 Å². The van der Waals surface area contributed by atoms with Gasteiger partial charge >= 0.3 is 5.97 Å². The van der Waals surface area contributed by atoms with E-state index in [-0.39, 0.29) is 18.2 Å². The number of hydrogen-bond acceptors (Lipinski definition) is 2. The Morgan fingerprint density at radius 3 is 2.28 bits per heavy atom. The summed E-state index contributed by atoms with van der Waals surface area (Å²) in [4.78, 5) is 15.7. The molecule has 0 saturated carbocycles. The topological polar surface area (TPSA) is 50.2 Å². The van der Waals surface area contributed by atoms with Gasteiger partial charge in [0.1, 0.15) is 5.82 Å². The molecule has 0 fully saturated rings. The first kappa shape index (κ1) is 23.6. The second-order valence-corrected chi connectivity index (χ2v) is 8.35. The van der Waals surface area contributed by atoms with Gasteiger partial charge in [0, 0.05) is 11.3 Å². The van der Waals surface area contributed by atoms with Crippen LogP contribution < -0.4 is 0 Å². The number of rotatable bonds is 10. The van der Waals surface area contributed by atoms with E-state index in [4.69, 9.17) is 10.1 Å². The highest BCUT2D eigenvalue weighted by Gasteiger charge is 2.18. The van der Waals surface area contributed by atoms with Gasteiger partial charge in [-0.1, -0.05) is 62.7 Å². The summed E-state index contributed by atoms with van der Waals surface area (Å²) in [6.07, 6.45) is 1.02. The molecule has 0 amide bonds. The van der Waals surface area contributed by atoms with Crippen LogP contribution in [0.4, 0.5) is 8.78 Å². The number of hydrogen-bond donors (Lipinski definition) is 1. The average Bonchev–Trinajstić information content (AvgIpc) is 2.79. The van der Waals surface area contributed by atoms with Gasteiger partial charge in [-0.15, -0.1) is 0 Å². The predicted molar refractivity (Wildman–Crippen MR) is 124 cm³/mol. The highest BCUT2D eigenvalue weighted by Crippen LogP contribution is 2.34. The van der Waals surface area contributed by atoms with E-state index in [1.54, 1.807) is 12.1 Å². The fourth-order valence-corrected chi connectivity index (χ4v) is 3.90. The summed E-state index contributed by atoms with van der Waals surface area (Å²) >= 11 is 0. The molecule has 0 saturated heterocycles. The van der Waals surface area contributed by atoms with Crippen molar-refractivity contribution in [3.8, 4) is 22.4 Å². The zero-order chi connectivity index (χ0) is 23.1. The molecular formula is C27H29F2NO2. The Bertz CT molecular complexity index is 1030. The third-order valence-electron chi connectivity index (χ3n) is 5.58. The predicted octanol–water partition coefficient (Wildman–Crippen LogP) is 7.20. The summed E-state index contributed by atoms with van der Waals surface area (Å²) < 4.78 is 26.9. The summed E-state index contributed by atoms with van der Waals surface area (Å²) in [5.41, 5.74) is 5.96. The van der Waals surface area contributed by atoms with Gasteiger partial charge in [0.05, 0.1) is 5.69 Å². The van der Waals surface area contributed by atoms with Crippen molar-refractivity contribution in [3.63, 3.8) is 0 Å². The summed E-state index contributed by atoms with van der Waals surface area (Å²) in [5, 5.41) is 8.71. The van der Waals surface area contributed by atoms with Crippen LogP contribution in [-0.2, 0) is 11.2 Å². The Morgan fingerprint density at radius 2 is 1.66 bits per heavy atom. The number of halogens is 2. The van der Waals surface area contributed by atoms with E-state index in [0.717, 1.165) is 52.9 Å². The molecule has 3 aromatic rings. The minimum Gasteiger partial charge on any atom is -0.479 e. The van der Waals surface area contributed by atoms with E-state index in [9.17, 15) is 13.6 Å². The van der Waals surface area contributed by atoms with Crippen LogP contribution >= 0.6 is 0 Å². The first-order valence-corrected chi connectivity index (χ1v) is 11.1. The lowest BCUT2D eigenvalue weighted by Crippen LogP contribution is -2.13. The molecule has 0 bridgehead atoms. The molecule has 3 rings (SSSR count). The van der Waals surface area contributed by atoms with Crippen molar-refractivity contribution in [3.05, 3.63) is 77.7 Å². The maximum atomic E-state index is 13.6. The lowest BCUT2D eigenvalue weighted by molar-refractivity contribution is -0.143. The monoisotopic (exact) mass is 437 g/mol. The van der Waals surface area contributed by atoms with Crippen molar-refractivity contribution in [2.45, 2.75) is 58.0 Å². The molecule has 1 aromatic heterocycles. The molecule has 0 aliphatic carbocycles. The number of carboxylic acid groups (broad SMARTS) is 1. The van der Waals surface area contributed by atoms with Crippen LogP contribution in [0.2, 0.25) is 0 Å². The Morgan fingerprint density at radius 1 is 0.969 bits per heavy atom. The Hall–Kier alpha value is -3.08. The quantitative estimate of drug-likeness (QED) is 0.341. The summed E-state index contributed by atoms with van der Waals surface area (Å²) in [6, 6.07) is 18.5. The Kier molecular flexibility index (Phi) is 8.09. The van der Waals surface area contributed by atoms with Gasteiger partial charge in [-0.3, -0.25) is 4.98 Å². The second kappa shape index (κ2) is 11.0. The van der Waals surface area contributed by atoms with Crippen molar-refractivity contribution in [1.82, 2.24) is 4.98 Å². The molecule has 168 valence electrons. The number of alkyl halides is 1. The molecular weight excluding hydrogens is 408 g/mol. The Labute approximate surface area is 188 Å². The first-order chi connectivity index (χ1) is 15.4. The zero-order valence-corrected chi connectivity index (χ0v) is 18.5. The van der Waals surface area contributed by atoms with E-state index in [1.807, 2.05) is 30.3 Å². The molecule has 1 atom stereocenters. The fraction of sp³-hybridized carbons (Fsp3) is 0.333. The first-order valence-electron chi connectivity index (χ1n) is 11.1. The third kappa shape index (κ3) is 6.00. The maximum absolute atomic E-state index is 13.6. The van der Waals surface area contributed by atoms with Crippen molar-refractivity contribution >= 4 is 5.97 Å². The number of benzene rings is 2. The zero-order valence-electron chi connectivity index (χ0n) is 18.5. The van der Waals surface area contributed by atoms with E-state index in [1.165, 1.54) is 12.1 Å². The summed E-state index contributed by atoms with van der Waals surface area (Å²) in [6.45, 7) is 4.21. The van der Waals surface area contributed by atoms with Gasteiger partial charge in [0.15, 0.2) is 6.17 Å². The molecule has 2 aromatic carbocycles. The van der Waals surface area contributed by atoms with Crippen molar-refractivity contribution < 1.29 is 18.7 Å². The van der Waals surface area contributed by atoms with Crippen molar-refractivity contribution in [2.24, 2.45) is 0 Å². The number of unbranched alkanes of at least 4 members (excludes halogenated alkanes) is 2. The number of nitrogens with zero attached hydrogens (tertiary/aromatic N) is 1. The molecule has 0 aliphatic heterocycles. The number of aliphatic carboxylic acids is 1. The van der Waals surface area contributed by atoms with Crippen LogP contribution in [0.5, 0.6) is 0 Å². The van der Waals surface area contributed by atoms with Gasteiger partial charge in [-0.2, -0.15) is 0 Å². The van der Waals surface area contributed by atoms with E-state index < -0.39 is 12.1 Å². The maximum Gasteiger partial charge on any atom is 0.338 e. The van der Waals surface area contributed by atoms with Crippen LogP contribution in [0, 0.1) is 5.82 Å². The largest absolute Gasteiger partial charge is 0.479 e. The number of carbonyl (C=O) groups is 1.